The summed E-state index contributed by atoms with van der Waals surface area (Å²) in [5.74, 6) is 0.658. The topological polar surface area (TPSA) is 122 Å². The van der Waals surface area contributed by atoms with Crippen molar-refractivity contribution in [3.63, 3.8) is 0 Å². The van der Waals surface area contributed by atoms with E-state index < -0.39 is 12.0 Å². The molecule has 0 saturated heterocycles. The fourth-order valence-corrected chi connectivity index (χ4v) is 4.06. The monoisotopic (exact) mass is 508 g/mol. The lowest BCUT2D eigenvalue weighted by Gasteiger charge is -2.17. The Labute approximate surface area is 202 Å². The number of pyridine rings is 2. The zero-order valence-corrected chi connectivity index (χ0v) is 19.4. The number of halogens is 3. The highest BCUT2D eigenvalue weighted by Crippen LogP contribution is 2.34. The first kappa shape index (κ1) is 23.5. The summed E-state index contributed by atoms with van der Waals surface area (Å²) in [6.45, 7) is 0.691. The van der Waals surface area contributed by atoms with Gasteiger partial charge in [-0.3, -0.25) is 15.8 Å². The molecule has 12 heteroatoms. The zero-order valence-electron chi connectivity index (χ0n) is 17.1. The number of benzene rings is 1. The average molecular weight is 509 g/mol. The van der Waals surface area contributed by atoms with Crippen LogP contribution in [0, 0.1) is 5.82 Å². The van der Waals surface area contributed by atoms with Crippen LogP contribution in [-0.2, 0) is 0 Å². The van der Waals surface area contributed by atoms with Crippen LogP contribution >= 0.6 is 35.2 Å². The molecular formula is C21H19Cl2FN6O2S. The van der Waals surface area contributed by atoms with Crippen molar-refractivity contribution in [2.24, 2.45) is 5.73 Å². The number of hydrogen-bond acceptors (Lipinski definition) is 8. The normalized spacial score (nSPS) is 12.2. The molecule has 4 rings (SSSR count). The quantitative estimate of drug-likeness (QED) is 0.132. The van der Waals surface area contributed by atoms with Crippen LogP contribution in [0.15, 0.2) is 42.9 Å². The molecule has 0 radical (unpaired) electrons. The molecule has 33 heavy (non-hydrogen) atoms. The highest BCUT2D eigenvalue weighted by Gasteiger charge is 2.20. The molecule has 0 fully saturated rings. The number of ether oxygens (including phenoxy) is 1. The summed E-state index contributed by atoms with van der Waals surface area (Å²) in [5.41, 5.74) is 8.22. The van der Waals surface area contributed by atoms with Crippen molar-refractivity contribution in [1.82, 2.24) is 20.2 Å². The Morgan fingerprint density at radius 1 is 1.21 bits per heavy atom. The fraction of sp³-hybridized carbons (Fsp3) is 0.190. The molecule has 0 amide bonds. The number of nitrogens with zero attached hydrogens (tertiary/aromatic N) is 3. The van der Waals surface area contributed by atoms with E-state index in [1.54, 1.807) is 6.20 Å². The van der Waals surface area contributed by atoms with Crippen LogP contribution in [0.1, 0.15) is 18.2 Å². The molecular weight excluding hydrogens is 490 g/mol. The number of nitrogens with two attached hydrogens (primary N) is 1. The van der Waals surface area contributed by atoms with Crippen molar-refractivity contribution < 1.29 is 13.7 Å². The second-order valence-corrected chi connectivity index (χ2v) is 8.48. The summed E-state index contributed by atoms with van der Waals surface area (Å²) < 4.78 is 29.1. The molecule has 3 heterocycles. The van der Waals surface area contributed by atoms with Gasteiger partial charge in [0, 0.05) is 53.5 Å². The second-order valence-electron chi connectivity index (χ2n) is 7.00. The Morgan fingerprint density at radius 3 is 2.70 bits per heavy atom. The van der Waals surface area contributed by atoms with E-state index in [-0.39, 0.29) is 15.8 Å². The highest BCUT2D eigenvalue weighted by molar-refractivity contribution is 7.93. The van der Waals surface area contributed by atoms with Gasteiger partial charge in [0.05, 0.1) is 15.6 Å². The third-order valence-corrected chi connectivity index (χ3v) is 5.87. The van der Waals surface area contributed by atoms with E-state index in [0.717, 1.165) is 24.0 Å². The van der Waals surface area contributed by atoms with Crippen LogP contribution in [-0.4, -0.2) is 37.0 Å². The number of hydrogen-bond donors (Lipinski definition) is 4. The summed E-state index contributed by atoms with van der Waals surface area (Å²) in [4.78, 5) is 8.27. The van der Waals surface area contributed by atoms with Crippen LogP contribution in [0.2, 0.25) is 10.0 Å². The van der Waals surface area contributed by atoms with Gasteiger partial charge in [-0.2, -0.15) is 5.10 Å². The third-order valence-electron chi connectivity index (χ3n) is 4.80. The largest absolute Gasteiger partial charge is 0.468 e. The van der Waals surface area contributed by atoms with E-state index in [9.17, 15) is 4.39 Å². The maximum atomic E-state index is 14.7. The number of nitrogens with one attached hydrogen (secondary N) is 2. The van der Waals surface area contributed by atoms with Crippen molar-refractivity contribution in [1.29, 1.82) is 0 Å². The van der Waals surface area contributed by atoms with Gasteiger partial charge >= 0.3 is 0 Å². The van der Waals surface area contributed by atoms with E-state index in [0.29, 0.717) is 40.3 Å². The lowest BCUT2D eigenvalue weighted by molar-refractivity contribution is 0.205. The smallest absolute Gasteiger partial charge is 0.177 e. The second kappa shape index (κ2) is 10.5. The molecule has 1 aromatic carbocycles. The number of aromatic nitrogens is 4. The van der Waals surface area contributed by atoms with Crippen molar-refractivity contribution in [3.8, 4) is 17.0 Å². The standard InChI is InChI=1S/C21H19Cl2FN6O2S/c22-13-9-26-10-14(23)19(13)21(25)32-17-6-12-16(7-15(17)24)29-30-20(12)11-2-3-18(28-8-11)27-4-1-5-33-31/h2-3,6-10,21,31H,1,4-5,25H2,(H,27,28)(H,29,30)/t21-/m0/s1. The van der Waals surface area contributed by atoms with Crippen molar-refractivity contribution in [2.45, 2.75) is 12.6 Å². The van der Waals surface area contributed by atoms with Crippen LogP contribution in [0.25, 0.3) is 22.2 Å². The molecule has 4 aromatic rings. The van der Waals surface area contributed by atoms with Gasteiger partial charge in [-0.05, 0) is 36.7 Å². The minimum atomic E-state index is -1.11. The number of anilines is 1. The Kier molecular flexibility index (Phi) is 7.51. The molecule has 5 N–H and O–H groups in total. The first-order valence-corrected chi connectivity index (χ1v) is 11.5. The minimum Gasteiger partial charge on any atom is -0.468 e. The lowest BCUT2D eigenvalue weighted by atomic mass is 10.1. The summed E-state index contributed by atoms with van der Waals surface area (Å²) in [5, 5.41) is 11.4. The SMILES string of the molecule is N[C@@H](Oc1cc2c(-c3ccc(NCCCSO)nc3)n[nH]c2cc1F)c1c(Cl)cncc1Cl. The van der Waals surface area contributed by atoms with E-state index >= 15 is 0 Å². The van der Waals surface area contributed by atoms with Crippen molar-refractivity contribution in [3.05, 3.63) is 64.3 Å². The molecule has 8 nitrogen and oxygen atoms in total. The predicted molar refractivity (Wildman–Crippen MR) is 129 cm³/mol. The van der Waals surface area contributed by atoms with Gasteiger partial charge in [0.1, 0.15) is 11.5 Å². The molecule has 0 spiro atoms. The van der Waals surface area contributed by atoms with Crippen LogP contribution in [0.4, 0.5) is 10.2 Å². The number of rotatable bonds is 9. The Bertz CT molecular complexity index is 1240. The van der Waals surface area contributed by atoms with Gasteiger partial charge in [0.15, 0.2) is 17.8 Å². The van der Waals surface area contributed by atoms with E-state index in [1.165, 1.54) is 24.5 Å². The molecule has 0 bridgehead atoms. The molecule has 172 valence electrons. The predicted octanol–water partition coefficient (Wildman–Crippen LogP) is 5.51. The van der Waals surface area contributed by atoms with E-state index in [4.69, 9.17) is 38.2 Å². The summed E-state index contributed by atoms with van der Waals surface area (Å²) in [6.07, 6.45) is 4.14. The molecule has 1 atom stereocenters. The molecule has 0 aliphatic rings. The molecule has 3 aromatic heterocycles. The van der Waals surface area contributed by atoms with Gasteiger partial charge in [0.2, 0.25) is 0 Å². The summed E-state index contributed by atoms with van der Waals surface area (Å²) in [7, 11) is 0. The Morgan fingerprint density at radius 2 is 2.00 bits per heavy atom. The molecule has 0 saturated carbocycles. The van der Waals surface area contributed by atoms with Gasteiger partial charge in [-0.1, -0.05) is 23.2 Å². The van der Waals surface area contributed by atoms with E-state index in [2.05, 4.69) is 25.5 Å². The van der Waals surface area contributed by atoms with Gasteiger partial charge in [-0.15, -0.1) is 0 Å². The fourth-order valence-electron chi connectivity index (χ4n) is 3.21. The molecule has 0 aliphatic carbocycles. The van der Waals surface area contributed by atoms with Crippen molar-refractivity contribution >= 4 is 52.0 Å². The maximum absolute atomic E-state index is 14.7. The van der Waals surface area contributed by atoms with E-state index in [1.807, 2.05) is 12.1 Å². The zero-order chi connectivity index (χ0) is 23.4. The first-order chi connectivity index (χ1) is 16.0. The first-order valence-electron chi connectivity index (χ1n) is 9.83. The highest BCUT2D eigenvalue weighted by atomic mass is 35.5. The number of H-pyrrole nitrogens is 1. The molecule has 0 aliphatic heterocycles. The molecule has 0 unspecified atom stereocenters. The van der Waals surface area contributed by atoms with Crippen LogP contribution < -0.4 is 15.8 Å². The number of aromatic amines is 1. The van der Waals surface area contributed by atoms with Gasteiger partial charge < -0.3 is 14.6 Å². The van der Waals surface area contributed by atoms with Crippen LogP contribution in [0.5, 0.6) is 5.75 Å². The van der Waals surface area contributed by atoms with Crippen LogP contribution in [0.3, 0.4) is 0 Å². The Balaban J connectivity index is 1.59. The average Bonchev–Trinajstić information content (AvgIpc) is 3.20. The maximum Gasteiger partial charge on any atom is 0.177 e. The van der Waals surface area contributed by atoms with Gasteiger partial charge in [0.25, 0.3) is 0 Å². The number of fused-ring (bicyclic) bond motifs is 1. The third kappa shape index (κ3) is 5.31. The summed E-state index contributed by atoms with van der Waals surface area (Å²) >= 11 is 13.1. The summed E-state index contributed by atoms with van der Waals surface area (Å²) in [6, 6.07) is 6.49. The Hall–Kier alpha value is -2.63. The minimum absolute atomic E-state index is 0.0744. The van der Waals surface area contributed by atoms with Crippen molar-refractivity contribution in [2.75, 3.05) is 17.6 Å². The van der Waals surface area contributed by atoms with Gasteiger partial charge in [-0.25, -0.2) is 9.37 Å². The lowest BCUT2D eigenvalue weighted by Crippen LogP contribution is -2.19.